The van der Waals surface area contributed by atoms with Crippen LogP contribution in [0, 0.1) is 0 Å². The summed E-state index contributed by atoms with van der Waals surface area (Å²) in [6.07, 6.45) is 1.42. The molecular formula is C13H15F2N5OS. The van der Waals surface area contributed by atoms with Gasteiger partial charge in [0.05, 0.1) is 13.1 Å². The standard InChI is InChI=1S/C13H15F2N5OS/c14-13(15,6-16)7-17-11(21)10-3-1-9(2-4-10)5-22-12-18-8-19-20-12/h1-4,8H,5-7,16H2,(H,17,21)(H,18,19,20). The Bertz CT molecular complexity index is 603. The highest BCUT2D eigenvalue weighted by molar-refractivity contribution is 7.98. The largest absolute Gasteiger partial charge is 0.346 e. The van der Waals surface area contributed by atoms with Crippen molar-refractivity contribution in [3.8, 4) is 0 Å². The van der Waals surface area contributed by atoms with Gasteiger partial charge in [-0.25, -0.2) is 13.8 Å². The van der Waals surface area contributed by atoms with Crippen LogP contribution in [0.25, 0.3) is 0 Å². The van der Waals surface area contributed by atoms with Crippen LogP contribution < -0.4 is 11.1 Å². The third-order valence-electron chi connectivity index (χ3n) is 2.79. The second-order valence-corrected chi connectivity index (χ2v) is 5.48. The van der Waals surface area contributed by atoms with Gasteiger partial charge in [0.15, 0.2) is 5.16 Å². The Balaban J connectivity index is 1.86. The number of alkyl halides is 2. The number of nitrogens with zero attached hydrogens (tertiary/aromatic N) is 2. The van der Waals surface area contributed by atoms with Gasteiger partial charge in [0, 0.05) is 11.3 Å². The van der Waals surface area contributed by atoms with Gasteiger partial charge in [0.25, 0.3) is 11.8 Å². The lowest BCUT2D eigenvalue weighted by molar-refractivity contribution is 0.0118. The van der Waals surface area contributed by atoms with Crippen LogP contribution in [0.4, 0.5) is 8.78 Å². The molecule has 0 unspecified atom stereocenters. The SMILES string of the molecule is NCC(F)(F)CNC(=O)c1ccc(CSc2ncn[nH]2)cc1. The van der Waals surface area contributed by atoms with Gasteiger partial charge in [-0.3, -0.25) is 9.89 Å². The van der Waals surface area contributed by atoms with Crippen molar-refractivity contribution in [1.29, 1.82) is 0 Å². The first kappa shape index (κ1) is 16.4. The monoisotopic (exact) mass is 327 g/mol. The molecule has 9 heteroatoms. The molecule has 0 saturated carbocycles. The van der Waals surface area contributed by atoms with E-state index in [9.17, 15) is 13.6 Å². The van der Waals surface area contributed by atoms with E-state index in [-0.39, 0.29) is 0 Å². The van der Waals surface area contributed by atoms with E-state index in [1.807, 2.05) is 0 Å². The zero-order valence-electron chi connectivity index (χ0n) is 11.6. The fourth-order valence-electron chi connectivity index (χ4n) is 1.55. The van der Waals surface area contributed by atoms with E-state index in [1.54, 1.807) is 24.3 Å². The summed E-state index contributed by atoms with van der Waals surface area (Å²) in [5, 5.41) is 9.34. The highest BCUT2D eigenvalue weighted by atomic mass is 32.2. The first-order chi connectivity index (χ1) is 10.5. The number of amides is 1. The third-order valence-corrected chi connectivity index (χ3v) is 3.74. The lowest BCUT2D eigenvalue weighted by atomic mass is 10.1. The number of aromatic amines is 1. The molecule has 6 nitrogen and oxygen atoms in total. The number of hydrogen-bond donors (Lipinski definition) is 3. The molecule has 4 N–H and O–H groups in total. The molecule has 0 aliphatic carbocycles. The zero-order chi connectivity index (χ0) is 16.0. The minimum absolute atomic E-state index is 0.321. The molecule has 0 aliphatic rings. The lowest BCUT2D eigenvalue weighted by Gasteiger charge is -2.14. The number of benzene rings is 1. The average Bonchev–Trinajstić information content (AvgIpc) is 3.05. The van der Waals surface area contributed by atoms with E-state index < -0.39 is 24.9 Å². The highest BCUT2D eigenvalue weighted by Gasteiger charge is 2.27. The number of nitrogens with two attached hydrogens (primary N) is 1. The van der Waals surface area contributed by atoms with Crippen molar-refractivity contribution in [2.45, 2.75) is 16.8 Å². The van der Waals surface area contributed by atoms with Crippen LogP contribution in [0.15, 0.2) is 35.7 Å². The molecule has 1 amide bonds. The first-order valence-electron chi connectivity index (χ1n) is 6.43. The van der Waals surface area contributed by atoms with Crippen molar-refractivity contribution in [3.63, 3.8) is 0 Å². The Morgan fingerprint density at radius 2 is 2.09 bits per heavy atom. The number of carbonyl (C=O) groups excluding carboxylic acids is 1. The second kappa shape index (κ2) is 7.32. The number of aromatic nitrogens is 3. The number of halogens is 2. The summed E-state index contributed by atoms with van der Waals surface area (Å²) in [4.78, 5) is 15.7. The zero-order valence-corrected chi connectivity index (χ0v) is 12.4. The molecule has 0 radical (unpaired) electrons. The topological polar surface area (TPSA) is 96.7 Å². The van der Waals surface area contributed by atoms with Gasteiger partial charge in [-0.15, -0.1) is 0 Å². The summed E-state index contributed by atoms with van der Waals surface area (Å²) in [6, 6.07) is 6.71. The summed E-state index contributed by atoms with van der Waals surface area (Å²) in [5.74, 6) is -2.99. The predicted molar refractivity (Wildman–Crippen MR) is 78.7 cm³/mol. The molecule has 2 rings (SSSR count). The highest BCUT2D eigenvalue weighted by Crippen LogP contribution is 2.18. The van der Waals surface area contributed by atoms with E-state index in [0.717, 1.165) is 5.56 Å². The number of thioether (sulfide) groups is 1. The van der Waals surface area contributed by atoms with Crippen LogP contribution in [0.2, 0.25) is 0 Å². The van der Waals surface area contributed by atoms with Crippen LogP contribution in [0.3, 0.4) is 0 Å². The van der Waals surface area contributed by atoms with Gasteiger partial charge in [-0.2, -0.15) is 5.10 Å². The predicted octanol–water partition coefficient (Wildman–Crippen LogP) is 1.42. The van der Waals surface area contributed by atoms with Gasteiger partial charge in [0.2, 0.25) is 0 Å². The number of carbonyl (C=O) groups is 1. The Hall–Kier alpha value is -2.00. The maximum Gasteiger partial charge on any atom is 0.277 e. The Labute approximate surface area is 129 Å². The fourth-order valence-corrected chi connectivity index (χ4v) is 2.29. The minimum atomic E-state index is -3.09. The molecule has 0 saturated heterocycles. The quantitative estimate of drug-likeness (QED) is 0.668. The smallest absolute Gasteiger partial charge is 0.277 e. The lowest BCUT2D eigenvalue weighted by Crippen LogP contribution is -2.41. The molecule has 0 atom stereocenters. The van der Waals surface area contributed by atoms with Crippen molar-refractivity contribution in [2.75, 3.05) is 13.1 Å². The summed E-state index contributed by atoms with van der Waals surface area (Å²) < 4.78 is 25.9. The van der Waals surface area contributed by atoms with E-state index >= 15 is 0 Å². The van der Waals surface area contributed by atoms with Crippen LogP contribution >= 0.6 is 11.8 Å². The van der Waals surface area contributed by atoms with E-state index in [4.69, 9.17) is 5.73 Å². The van der Waals surface area contributed by atoms with Crippen molar-refractivity contribution in [2.24, 2.45) is 5.73 Å². The average molecular weight is 327 g/mol. The normalized spacial score (nSPS) is 11.4. The van der Waals surface area contributed by atoms with Crippen molar-refractivity contribution in [3.05, 3.63) is 41.7 Å². The van der Waals surface area contributed by atoms with Gasteiger partial charge < -0.3 is 11.1 Å². The maximum absolute atomic E-state index is 13.0. The molecule has 1 heterocycles. The molecular weight excluding hydrogens is 312 g/mol. The van der Waals surface area contributed by atoms with Gasteiger partial charge in [0.1, 0.15) is 6.33 Å². The number of hydrogen-bond acceptors (Lipinski definition) is 5. The third kappa shape index (κ3) is 4.78. The summed E-state index contributed by atoms with van der Waals surface area (Å²) in [7, 11) is 0. The molecule has 0 fully saturated rings. The van der Waals surface area contributed by atoms with E-state index in [2.05, 4.69) is 20.5 Å². The Morgan fingerprint density at radius 3 is 2.68 bits per heavy atom. The molecule has 1 aromatic carbocycles. The van der Waals surface area contributed by atoms with Gasteiger partial charge >= 0.3 is 0 Å². The van der Waals surface area contributed by atoms with Crippen molar-refractivity contribution >= 4 is 17.7 Å². The molecule has 118 valence electrons. The van der Waals surface area contributed by atoms with Crippen LogP contribution in [0.1, 0.15) is 15.9 Å². The van der Waals surface area contributed by atoms with E-state index in [1.165, 1.54) is 18.1 Å². The summed E-state index contributed by atoms with van der Waals surface area (Å²) in [6.45, 7) is -1.57. The Morgan fingerprint density at radius 1 is 1.36 bits per heavy atom. The van der Waals surface area contributed by atoms with Crippen LogP contribution in [0.5, 0.6) is 0 Å². The molecule has 0 bridgehead atoms. The van der Waals surface area contributed by atoms with Gasteiger partial charge in [-0.1, -0.05) is 23.9 Å². The Kier molecular flexibility index (Phi) is 5.45. The number of nitrogens with one attached hydrogen (secondary N) is 2. The number of H-pyrrole nitrogens is 1. The molecule has 2 aromatic rings. The summed E-state index contributed by atoms with van der Waals surface area (Å²) in [5.41, 5.74) is 6.21. The van der Waals surface area contributed by atoms with Gasteiger partial charge in [-0.05, 0) is 17.7 Å². The maximum atomic E-state index is 13.0. The van der Waals surface area contributed by atoms with Crippen molar-refractivity contribution in [1.82, 2.24) is 20.5 Å². The fraction of sp³-hybridized carbons (Fsp3) is 0.308. The second-order valence-electron chi connectivity index (χ2n) is 4.52. The van der Waals surface area contributed by atoms with Crippen LogP contribution in [-0.4, -0.2) is 40.1 Å². The van der Waals surface area contributed by atoms with Crippen LogP contribution in [-0.2, 0) is 5.75 Å². The van der Waals surface area contributed by atoms with Crippen molar-refractivity contribution < 1.29 is 13.6 Å². The molecule has 22 heavy (non-hydrogen) atoms. The first-order valence-corrected chi connectivity index (χ1v) is 7.42. The summed E-state index contributed by atoms with van der Waals surface area (Å²) >= 11 is 1.47. The number of rotatable bonds is 7. The molecule has 0 spiro atoms. The van der Waals surface area contributed by atoms with E-state index in [0.29, 0.717) is 16.5 Å². The molecule has 1 aromatic heterocycles. The minimum Gasteiger partial charge on any atom is -0.346 e. The molecule has 0 aliphatic heterocycles.